The molecule has 33 heavy (non-hydrogen) atoms. The van der Waals surface area contributed by atoms with Crippen LogP contribution in [-0.2, 0) is 9.47 Å². The van der Waals surface area contributed by atoms with Crippen molar-refractivity contribution >= 4 is 29.3 Å². The van der Waals surface area contributed by atoms with Crippen LogP contribution >= 0.6 is 11.6 Å². The molecule has 1 aliphatic rings. The molecule has 0 bridgehead atoms. The van der Waals surface area contributed by atoms with Crippen LogP contribution in [0.5, 0.6) is 5.75 Å². The Hall–Kier alpha value is -2.23. The van der Waals surface area contributed by atoms with Crippen molar-refractivity contribution in [1.82, 2.24) is 15.1 Å². The van der Waals surface area contributed by atoms with Gasteiger partial charge in [0.15, 0.2) is 0 Å². The summed E-state index contributed by atoms with van der Waals surface area (Å²) in [6, 6.07) is 2.91. The molecule has 2 amide bonds. The van der Waals surface area contributed by atoms with Crippen LogP contribution in [0.4, 0.5) is 10.5 Å². The van der Waals surface area contributed by atoms with E-state index in [0.29, 0.717) is 35.1 Å². The number of halogens is 1. The van der Waals surface area contributed by atoms with Gasteiger partial charge in [0.05, 0.1) is 35.5 Å². The molecule has 0 saturated carbocycles. The predicted molar refractivity (Wildman–Crippen MR) is 129 cm³/mol. The van der Waals surface area contributed by atoms with Crippen LogP contribution in [0.1, 0.15) is 44.0 Å². The molecule has 0 radical (unpaired) electrons. The quantitative estimate of drug-likeness (QED) is 0.546. The fraction of sp³-hybridized carbons (Fsp3) is 0.652. The lowest BCUT2D eigenvalue weighted by Gasteiger charge is -2.38. The van der Waals surface area contributed by atoms with Crippen molar-refractivity contribution in [1.29, 1.82) is 0 Å². The highest BCUT2D eigenvalue weighted by atomic mass is 35.5. The summed E-state index contributed by atoms with van der Waals surface area (Å²) < 4.78 is 16.3. The van der Waals surface area contributed by atoms with Crippen LogP contribution in [0.25, 0.3) is 0 Å². The maximum absolute atomic E-state index is 12.9. The summed E-state index contributed by atoms with van der Waals surface area (Å²) in [4.78, 5) is 28.9. The third-order valence-electron chi connectivity index (χ3n) is 5.50. The number of methoxy groups -OCH3 is 2. The number of carbonyl (C=O) groups excluding carboxylic acids is 2. The highest BCUT2D eigenvalue weighted by Gasteiger charge is 2.31. The largest absolute Gasteiger partial charge is 0.496 e. The number of benzene rings is 1. The van der Waals surface area contributed by atoms with Gasteiger partial charge in [0.2, 0.25) is 0 Å². The first kappa shape index (κ1) is 27.0. The van der Waals surface area contributed by atoms with E-state index >= 15 is 0 Å². The summed E-state index contributed by atoms with van der Waals surface area (Å²) in [7, 11) is 4.87. The second-order valence-electron chi connectivity index (χ2n) is 9.27. The Labute approximate surface area is 201 Å². The fourth-order valence-electron chi connectivity index (χ4n) is 3.71. The first-order chi connectivity index (χ1) is 15.4. The number of amides is 2. The van der Waals surface area contributed by atoms with Crippen molar-refractivity contribution in [2.45, 2.75) is 51.4 Å². The molecule has 1 aromatic rings. The summed E-state index contributed by atoms with van der Waals surface area (Å²) in [5.41, 5.74) is 5.99. The third kappa shape index (κ3) is 7.94. The molecule has 0 aromatic heterocycles. The molecule has 9 nitrogen and oxygen atoms in total. The molecule has 1 aliphatic heterocycles. The van der Waals surface area contributed by atoms with Crippen LogP contribution in [-0.4, -0.2) is 87.0 Å². The topological polar surface area (TPSA) is 106 Å². The maximum atomic E-state index is 12.9. The number of piperidine rings is 1. The van der Waals surface area contributed by atoms with E-state index in [9.17, 15) is 9.59 Å². The molecule has 3 N–H and O–H groups in total. The third-order valence-corrected chi connectivity index (χ3v) is 5.83. The standard InChI is InChI=1S/C23H37ClN4O5/c1-23(2,3)33-22(30)27(4)9-7-10-28-11-8-18(20(14-28)32-6)26-21(29)15-12-16(24)17(25)13-19(15)31-5/h12-13,18,20H,7-11,14,25H2,1-6H3,(H,26,29)/t18-,20+/m0/s1. The molecule has 0 unspecified atom stereocenters. The number of hydrogen-bond acceptors (Lipinski definition) is 7. The van der Waals surface area contributed by atoms with Crippen molar-refractivity contribution < 1.29 is 23.8 Å². The Kier molecular flexibility index (Phi) is 9.63. The Morgan fingerprint density at radius 2 is 2.00 bits per heavy atom. The van der Waals surface area contributed by atoms with E-state index < -0.39 is 5.60 Å². The molecule has 2 atom stereocenters. The smallest absolute Gasteiger partial charge is 0.410 e. The lowest BCUT2D eigenvalue weighted by Crippen LogP contribution is -2.55. The van der Waals surface area contributed by atoms with Gasteiger partial charge < -0.3 is 35.1 Å². The van der Waals surface area contributed by atoms with Gasteiger partial charge in [-0.15, -0.1) is 0 Å². The van der Waals surface area contributed by atoms with Gasteiger partial charge in [-0.2, -0.15) is 0 Å². The van der Waals surface area contributed by atoms with E-state index in [1.165, 1.54) is 13.2 Å². The van der Waals surface area contributed by atoms with E-state index in [1.54, 1.807) is 25.1 Å². The molecule has 1 fully saturated rings. The molecule has 186 valence electrons. The van der Waals surface area contributed by atoms with Crippen molar-refractivity contribution in [3.05, 3.63) is 22.7 Å². The van der Waals surface area contributed by atoms with Crippen LogP contribution in [0.2, 0.25) is 5.02 Å². The van der Waals surface area contributed by atoms with Crippen molar-refractivity contribution in [2.24, 2.45) is 0 Å². The van der Waals surface area contributed by atoms with Crippen molar-refractivity contribution in [2.75, 3.05) is 53.2 Å². The highest BCUT2D eigenvalue weighted by Crippen LogP contribution is 2.29. The number of nitrogens with one attached hydrogen (secondary N) is 1. The molecule has 0 aliphatic carbocycles. The Morgan fingerprint density at radius 1 is 1.30 bits per heavy atom. The minimum Gasteiger partial charge on any atom is -0.496 e. The highest BCUT2D eigenvalue weighted by molar-refractivity contribution is 6.33. The molecule has 2 rings (SSSR count). The van der Waals surface area contributed by atoms with E-state index in [4.69, 9.17) is 31.5 Å². The number of nitrogen functional groups attached to an aromatic ring is 1. The number of nitrogens with zero attached hydrogens (tertiary/aromatic N) is 2. The predicted octanol–water partition coefficient (Wildman–Crippen LogP) is 3.01. The number of rotatable bonds is 8. The number of anilines is 1. The summed E-state index contributed by atoms with van der Waals surface area (Å²) in [6.45, 7) is 8.45. The maximum Gasteiger partial charge on any atom is 0.410 e. The van der Waals surface area contributed by atoms with Gasteiger partial charge in [-0.1, -0.05) is 11.6 Å². The van der Waals surface area contributed by atoms with E-state index in [0.717, 1.165) is 25.9 Å². The van der Waals surface area contributed by atoms with Crippen LogP contribution in [0.3, 0.4) is 0 Å². The Morgan fingerprint density at radius 3 is 2.61 bits per heavy atom. The van der Waals surface area contributed by atoms with E-state index in [-0.39, 0.29) is 24.1 Å². The molecule has 1 heterocycles. The number of likely N-dealkylation sites (tertiary alicyclic amines) is 1. The van der Waals surface area contributed by atoms with Gasteiger partial charge in [-0.25, -0.2) is 4.79 Å². The zero-order chi connectivity index (χ0) is 24.8. The molecular weight excluding hydrogens is 448 g/mol. The first-order valence-electron chi connectivity index (χ1n) is 11.1. The molecule has 1 saturated heterocycles. The summed E-state index contributed by atoms with van der Waals surface area (Å²) in [5, 5.41) is 3.35. The van der Waals surface area contributed by atoms with Gasteiger partial charge in [0, 0.05) is 39.9 Å². The van der Waals surface area contributed by atoms with E-state index in [1.807, 2.05) is 20.8 Å². The lowest BCUT2D eigenvalue weighted by atomic mass is 10.0. The van der Waals surface area contributed by atoms with Crippen LogP contribution < -0.4 is 15.8 Å². The minimum absolute atomic E-state index is 0.149. The number of carbonyl (C=O) groups is 2. The second kappa shape index (κ2) is 11.8. The zero-order valence-electron chi connectivity index (χ0n) is 20.4. The van der Waals surface area contributed by atoms with Crippen LogP contribution in [0.15, 0.2) is 12.1 Å². The summed E-state index contributed by atoms with van der Waals surface area (Å²) >= 11 is 6.10. The number of hydrogen-bond donors (Lipinski definition) is 2. The zero-order valence-corrected chi connectivity index (χ0v) is 21.2. The molecular formula is C23H37ClN4O5. The Balaban J connectivity index is 1.88. The minimum atomic E-state index is -0.509. The summed E-state index contributed by atoms with van der Waals surface area (Å²) in [5.74, 6) is 0.0862. The molecule has 1 aromatic carbocycles. The molecule has 10 heteroatoms. The SMILES string of the molecule is COc1cc(N)c(Cl)cc1C(=O)N[C@H]1CCN(CCCN(C)C(=O)OC(C)(C)C)C[C@H]1OC. The number of nitrogens with two attached hydrogens (primary N) is 1. The summed E-state index contributed by atoms with van der Waals surface area (Å²) in [6.07, 6.45) is 1.06. The van der Waals surface area contributed by atoms with Gasteiger partial charge in [-0.05, 0) is 46.2 Å². The van der Waals surface area contributed by atoms with Gasteiger partial charge in [-0.3, -0.25) is 4.79 Å². The normalized spacial score (nSPS) is 19.1. The molecule has 0 spiro atoms. The lowest BCUT2D eigenvalue weighted by molar-refractivity contribution is 0.00464. The fourth-order valence-corrected chi connectivity index (χ4v) is 3.88. The average molecular weight is 485 g/mol. The van der Waals surface area contributed by atoms with Gasteiger partial charge >= 0.3 is 6.09 Å². The monoisotopic (exact) mass is 484 g/mol. The average Bonchev–Trinajstić information content (AvgIpc) is 2.74. The second-order valence-corrected chi connectivity index (χ2v) is 9.68. The number of ether oxygens (including phenoxy) is 3. The Bertz CT molecular complexity index is 830. The van der Waals surface area contributed by atoms with Crippen molar-refractivity contribution in [3.8, 4) is 5.75 Å². The van der Waals surface area contributed by atoms with Gasteiger partial charge in [0.25, 0.3) is 5.91 Å². The van der Waals surface area contributed by atoms with Crippen molar-refractivity contribution in [3.63, 3.8) is 0 Å². The first-order valence-corrected chi connectivity index (χ1v) is 11.5. The van der Waals surface area contributed by atoms with Gasteiger partial charge in [0.1, 0.15) is 11.4 Å². The van der Waals surface area contributed by atoms with Crippen LogP contribution in [0, 0.1) is 0 Å². The van der Waals surface area contributed by atoms with E-state index in [2.05, 4.69) is 10.2 Å².